The lowest BCUT2D eigenvalue weighted by Gasteiger charge is -2.33. The molecule has 104 valence electrons. The van der Waals surface area contributed by atoms with Crippen molar-refractivity contribution in [2.75, 3.05) is 13.7 Å². The van der Waals surface area contributed by atoms with Crippen LogP contribution in [-0.4, -0.2) is 13.7 Å². The second kappa shape index (κ2) is 5.16. The minimum atomic E-state index is 0.555. The van der Waals surface area contributed by atoms with Crippen molar-refractivity contribution in [3.8, 4) is 5.75 Å². The van der Waals surface area contributed by atoms with Gasteiger partial charge in [0.2, 0.25) is 0 Å². The van der Waals surface area contributed by atoms with E-state index < -0.39 is 0 Å². The van der Waals surface area contributed by atoms with Gasteiger partial charge in [-0.15, -0.1) is 0 Å². The molecule has 0 saturated heterocycles. The van der Waals surface area contributed by atoms with Crippen molar-refractivity contribution in [1.82, 2.24) is 5.32 Å². The molecule has 1 unspecified atom stereocenters. The molecule has 0 spiro atoms. The van der Waals surface area contributed by atoms with Gasteiger partial charge in [-0.1, -0.05) is 18.9 Å². The van der Waals surface area contributed by atoms with Crippen LogP contribution in [0.4, 0.5) is 0 Å². The molecule has 0 radical (unpaired) electrons. The van der Waals surface area contributed by atoms with Gasteiger partial charge in [0.25, 0.3) is 0 Å². The average molecular weight is 259 g/mol. The first-order chi connectivity index (χ1) is 9.22. The Hall–Kier alpha value is -1.02. The topological polar surface area (TPSA) is 21.3 Å². The van der Waals surface area contributed by atoms with Crippen LogP contribution in [0.3, 0.4) is 0 Å². The fourth-order valence-corrected chi connectivity index (χ4v) is 3.95. The van der Waals surface area contributed by atoms with Crippen LogP contribution >= 0.6 is 0 Å². The van der Waals surface area contributed by atoms with Gasteiger partial charge in [-0.25, -0.2) is 0 Å². The quantitative estimate of drug-likeness (QED) is 0.874. The van der Waals surface area contributed by atoms with Crippen molar-refractivity contribution in [1.29, 1.82) is 0 Å². The standard InChI is InChI=1S/C17H25NO/c1-11-10-15-14(17(19-3)12(11)2)8-9-18-16(15)13-6-4-5-7-13/h10,13,16,18H,4-9H2,1-3H3. The van der Waals surface area contributed by atoms with Crippen LogP contribution in [-0.2, 0) is 6.42 Å². The van der Waals surface area contributed by atoms with E-state index in [2.05, 4.69) is 25.2 Å². The van der Waals surface area contributed by atoms with Crippen LogP contribution in [0, 0.1) is 19.8 Å². The monoisotopic (exact) mass is 259 g/mol. The third-order valence-corrected chi connectivity index (χ3v) is 5.08. The number of nitrogens with one attached hydrogen (secondary N) is 1. The van der Waals surface area contributed by atoms with Gasteiger partial charge >= 0.3 is 0 Å². The van der Waals surface area contributed by atoms with Crippen LogP contribution in [0.25, 0.3) is 0 Å². The Kier molecular flexibility index (Phi) is 3.53. The van der Waals surface area contributed by atoms with Gasteiger partial charge in [0, 0.05) is 11.6 Å². The number of hydrogen-bond acceptors (Lipinski definition) is 2. The van der Waals surface area contributed by atoms with Crippen molar-refractivity contribution < 1.29 is 4.74 Å². The summed E-state index contributed by atoms with van der Waals surface area (Å²) in [5.41, 5.74) is 5.65. The summed E-state index contributed by atoms with van der Waals surface area (Å²) in [4.78, 5) is 0. The van der Waals surface area contributed by atoms with E-state index >= 15 is 0 Å². The third kappa shape index (κ3) is 2.16. The summed E-state index contributed by atoms with van der Waals surface area (Å²) in [7, 11) is 1.81. The van der Waals surface area contributed by atoms with Gasteiger partial charge < -0.3 is 10.1 Å². The lowest BCUT2D eigenvalue weighted by Crippen LogP contribution is -2.34. The van der Waals surface area contributed by atoms with Crippen molar-refractivity contribution in [2.24, 2.45) is 5.92 Å². The number of ether oxygens (including phenoxy) is 1. The molecule has 1 N–H and O–H groups in total. The summed E-state index contributed by atoms with van der Waals surface area (Å²) in [6.45, 7) is 5.48. The van der Waals surface area contributed by atoms with Gasteiger partial charge in [0.15, 0.2) is 0 Å². The molecule has 2 heteroatoms. The zero-order valence-electron chi connectivity index (χ0n) is 12.4. The molecule has 3 rings (SSSR count). The molecule has 1 saturated carbocycles. The van der Waals surface area contributed by atoms with Gasteiger partial charge in [-0.3, -0.25) is 0 Å². The highest BCUT2D eigenvalue weighted by atomic mass is 16.5. The van der Waals surface area contributed by atoms with Crippen LogP contribution in [0.15, 0.2) is 6.07 Å². The van der Waals surface area contributed by atoms with Gasteiger partial charge in [0.05, 0.1) is 7.11 Å². The summed E-state index contributed by atoms with van der Waals surface area (Å²) >= 11 is 0. The highest BCUT2D eigenvalue weighted by Crippen LogP contribution is 2.42. The molecule has 0 aromatic heterocycles. The number of fused-ring (bicyclic) bond motifs is 1. The Bertz CT molecular complexity index is 475. The Morgan fingerprint density at radius 3 is 2.63 bits per heavy atom. The minimum Gasteiger partial charge on any atom is -0.496 e. The molecule has 1 fully saturated rings. The molecule has 1 aliphatic carbocycles. The Labute approximate surface area is 116 Å². The molecule has 0 amide bonds. The zero-order valence-corrected chi connectivity index (χ0v) is 12.4. The molecule has 1 heterocycles. The van der Waals surface area contributed by atoms with Crippen molar-refractivity contribution in [2.45, 2.75) is 52.0 Å². The van der Waals surface area contributed by atoms with Crippen LogP contribution in [0.5, 0.6) is 5.75 Å². The van der Waals surface area contributed by atoms with E-state index in [9.17, 15) is 0 Å². The number of rotatable bonds is 2. The Morgan fingerprint density at radius 2 is 1.95 bits per heavy atom. The minimum absolute atomic E-state index is 0.555. The second-order valence-corrected chi connectivity index (χ2v) is 6.15. The predicted octanol–water partition coefficient (Wildman–Crippen LogP) is 3.69. The molecule has 0 bridgehead atoms. The molecule has 2 aliphatic rings. The highest BCUT2D eigenvalue weighted by molar-refractivity contribution is 5.52. The van der Waals surface area contributed by atoms with Crippen LogP contribution < -0.4 is 10.1 Å². The third-order valence-electron chi connectivity index (χ3n) is 5.08. The zero-order chi connectivity index (χ0) is 13.4. The molecule has 1 aromatic rings. The average Bonchev–Trinajstić information content (AvgIpc) is 2.93. The highest BCUT2D eigenvalue weighted by Gasteiger charge is 2.31. The Morgan fingerprint density at radius 1 is 1.21 bits per heavy atom. The summed E-state index contributed by atoms with van der Waals surface area (Å²) < 4.78 is 5.71. The van der Waals surface area contributed by atoms with E-state index in [1.807, 2.05) is 7.11 Å². The largest absolute Gasteiger partial charge is 0.496 e. The van der Waals surface area contributed by atoms with E-state index in [-0.39, 0.29) is 0 Å². The summed E-state index contributed by atoms with van der Waals surface area (Å²) in [5, 5.41) is 3.76. The maximum atomic E-state index is 5.71. The van der Waals surface area contributed by atoms with Crippen molar-refractivity contribution >= 4 is 0 Å². The molecule has 19 heavy (non-hydrogen) atoms. The van der Waals surface area contributed by atoms with E-state index in [1.165, 1.54) is 47.9 Å². The second-order valence-electron chi connectivity index (χ2n) is 6.15. The molecule has 1 atom stereocenters. The number of aryl methyl sites for hydroxylation is 1. The molecular formula is C17H25NO. The van der Waals surface area contributed by atoms with Crippen LogP contribution in [0.2, 0.25) is 0 Å². The lowest BCUT2D eigenvalue weighted by atomic mass is 9.83. The predicted molar refractivity (Wildman–Crippen MR) is 78.9 cm³/mol. The fourth-order valence-electron chi connectivity index (χ4n) is 3.95. The van der Waals surface area contributed by atoms with E-state index in [0.717, 1.165) is 24.6 Å². The maximum absolute atomic E-state index is 5.71. The van der Waals surface area contributed by atoms with Crippen molar-refractivity contribution in [3.05, 3.63) is 28.3 Å². The van der Waals surface area contributed by atoms with Crippen molar-refractivity contribution in [3.63, 3.8) is 0 Å². The molecule has 1 aromatic carbocycles. The van der Waals surface area contributed by atoms with E-state index in [0.29, 0.717) is 6.04 Å². The van der Waals surface area contributed by atoms with Gasteiger partial charge in [-0.2, -0.15) is 0 Å². The molecular weight excluding hydrogens is 234 g/mol. The molecule has 1 aliphatic heterocycles. The van der Waals surface area contributed by atoms with Gasteiger partial charge in [0.1, 0.15) is 5.75 Å². The SMILES string of the molecule is COc1c(C)c(C)cc2c1CCNC2C1CCCC1. The number of benzene rings is 1. The number of hydrogen-bond donors (Lipinski definition) is 1. The van der Waals surface area contributed by atoms with E-state index in [4.69, 9.17) is 4.74 Å². The van der Waals surface area contributed by atoms with Gasteiger partial charge in [-0.05, 0) is 62.3 Å². The smallest absolute Gasteiger partial charge is 0.125 e. The lowest BCUT2D eigenvalue weighted by molar-refractivity contribution is 0.344. The summed E-state index contributed by atoms with van der Waals surface area (Å²) in [6, 6.07) is 2.96. The normalized spacial score (nSPS) is 23.4. The first kappa shape index (κ1) is 13.0. The van der Waals surface area contributed by atoms with Crippen LogP contribution in [0.1, 0.15) is 54.0 Å². The fraction of sp³-hybridized carbons (Fsp3) is 0.647. The van der Waals surface area contributed by atoms with E-state index in [1.54, 1.807) is 0 Å². The molecule has 2 nitrogen and oxygen atoms in total. The Balaban J connectivity index is 2.06. The first-order valence-electron chi connectivity index (χ1n) is 7.62. The first-order valence-corrected chi connectivity index (χ1v) is 7.62. The maximum Gasteiger partial charge on any atom is 0.125 e. The summed E-state index contributed by atoms with van der Waals surface area (Å²) in [5.74, 6) is 1.96. The number of methoxy groups -OCH3 is 1. The summed E-state index contributed by atoms with van der Waals surface area (Å²) in [6.07, 6.45) is 6.67.